The van der Waals surface area contributed by atoms with Gasteiger partial charge in [0.1, 0.15) is 0 Å². The fraction of sp³-hybridized carbons (Fsp3) is 0.581. The number of carbonyl (C=O) groups is 2. The number of amides is 2. The third-order valence-electron chi connectivity index (χ3n) is 9.36. The van der Waals surface area contributed by atoms with Crippen molar-refractivity contribution in [3.8, 4) is 11.1 Å². The van der Waals surface area contributed by atoms with E-state index in [4.69, 9.17) is 0 Å². The average molecular weight is 589 g/mol. The Hall–Kier alpha value is -3.18. The van der Waals surface area contributed by atoms with Crippen LogP contribution in [0.5, 0.6) is 0 Å². The summed E-state index contributed by atoms with van der Waals surface area (Å²) in [5.74, 6) is -2.11. The minimum absolute atomic E-state index is 0.154. The Balaban J connectivity index is 1.44. The van der Waals surface area contributed by atoms with Crippen molar-refractivity contribution in [2.45, 2.75) is 57.9 Å². The lowest BCUT2D eigenvalue weighted by Crippen LogP contribution is -2.56. The molecule has 228 valence electrons. The summed E-state index contributed by atoms with van der Waals surface area (Å²) in [6, 6.07) is 10.8. The maximum Gasteiger partial charge on any atom is 0.389 e. The maximum atomic E-state index is 13.7. The number of pyridine rings is 1. The van der Waals surface area contributed by atoms with Gasteiger partial charge in [0, 0.05) is 75.0 Å². The number of hydrogen-bond acceptors (Lipinski definition) is 5. The molecular weight excluding hydrogens is 549 g/mol. The van der Waals surface area contributed by atoms with Crippen molar-refractivity contribution in [3.63, 3.8) is 0 Å². The van der Waals surface area contributed by atoms with Crippen LogP contribution in [0.15, 0.2) is 47.4 Å². The van der Waals surface area contributed by atoms with Crippen molar-refractivity contribution < 1.29 is 27.9 Å². The molecule has 1 aliphatic carbocycles. The molecule has 11 heteroatoms. The summed E-state index contributed by atoms with van der Waals surface area (Å²) in [6.45, 7) is 4.38. The highest BCUT2D eigenvalue weighted by molar-refractivity contribution is 6.00. The third kappa shape index (κ3) is 6.27. The molecule has 2 amide bonds. The fourth-order valence-corrected chi connectivity index (χ4v) is 7.15. The number of rotatable bonds is 6. The number of piperidine rings is 1. The van der Waals surface area contributed by atoms with Gasteiger partial charge in [0.15, 0.2) is 0 Å². The SMILES string of the molecule is C[C@H](CC(F)(F)F)C(=O)N1CCC(O)C2(CCC[C@@H]2Cn2cc(C(=O)N3CCNCC3)c(-c3ccccc3)cc2=O)C1. The van der Waals surface area contributed by atoms with Crippen LogP contribution in [0.2, 0.25) is 0 Å². The predicted molar refractivity (Wildman–Crippen MR) is 152 cm³/mol. The number of nitrogens with zero attached hydrogens (tertiary/aromatic N) is 3. The maximum absolute atomic E-state index is 13.7. The van der Waals surface area contributed by atoms with Crippen molar-refractivity contribution in [1.82, 2.24) is 19.7 Å². The van der Waals surface area contributed by atoms with Gasteiger partial charge in [-0.3, -0.25) is 14.4 Å². The van der Waals surface area contributed by atoms with E-state index in [1.54, 1.807) is 15.7 Å². The predicted octanol–water partition coefficient (Wildman–Crippen LogP) is 3.53. The molecule has 42 heavy (non-hydrogen) atoms. The number of nitrogens with one attached hydrogen (secondary N) is 1. The molecule has 5 rings (SSSR count). The molecule has 1 saturated carbocycles. The number of piperazine rings is 1. The minimum Gasteiger partial charge on any atom is -0.392 e. The lowest BCUT2D eigenvalue weighted by molar-refractivity contribution is -0.163. The summed E-state index contributed by atoms with van der Waals surface area (Å²) in [6.07, 6.45) is -2.39. The Morgan fingerprint density at radius 3 is 2.50 bits per heavy atom. The molecule has 2 aliphatic heterocycles. The number of likely N-dealkylation sites (tertiary alicyclic amines) is 1. The summed E-state index contributed by atoms with van der Waals surface area (Å²) in [5, 5.41) is 14.5. The van der Waals surface area contributed by atoms with E-state index in [0.29, 0.717) is 50.1 Å². The van der Waals surface area contributed by atoms with E-state index in [2.05, 4.69) is 5.32 Å². The first-order valence-corrected chi connectivity index (χ1v) is 14.8. The standard InChI is InChI=1S/C31H39F3N4O4/c1-21(17-31(32,33)34)28(41)37-13-9-26(39)30(20-37)10-5-8-23(30)18-38-19-25(29(42)36-14-11-35-12-15-36)24(16-27(38)40)22-6-3-2-4-7-22/h2-4,6-7,16,19,21,23,26,35,39H,5,8-15,17-18,20H2,1H3/t21-,23-,26?,30?/m1/s1. The highest BCUT2D eigenvalue weighted by atomic mass is 19.4. The number of hydrogen-bond donors (Lipinski definition) is 2. The molecule has 0 radical (unpaired) electrons. The van der Waals surface area contributed by atoms with Gasteiger partial charge in [0.2, 0.25) is 5.91 Å². The topological polar surface area (TPSA) is 94.9 Å². The zero-order valence-corrected chi connectivity index (χ0v) is 23.9. The molecule has 1 aromatic heterocycles. The van der Waals surface area contributed by atoms with E-state index >= 15 is 0 Å². The van der Waals surface area contributed by atoms with Crippen LogP contribution < -0.4 is 10.9 Å². The number of carbonyl (C=O) groups excluding carboxylic acids is 2. The van der Waals surface area contributed by atoms with Crippen molar-refractivity contribution >= 4 is 11.8 Å². The van der Waals surface area contributed by atoms with Gasteiger partial charge in [-0.2, -0.15) is 13.2 Å². The quantitative estimate of drug-likeness (QED) is 0.539. The van der Waals surface area contributed by atoms with E-state index in [1.807, 2.05) is 30.3 Å². The Kier molecular flexibility index (Phi) is 8.80. The van der Waals surface area contributed by atoms with Crippen LogP contribution in [0.25, 0.3) is 11.1 Å². The van der Waals surface area contributed by atoms with Crippen LogP contribution in [0.3, 0.4) is 0 Å². The first kappa shape index (κ1) is 30.3. The number of halogens is 3. The van der Waals surface area contributed by atoms with Gasteiger partial charge in [-0.1, -0.05) is 43.7 Å². The number of aliphatic hydroxyl groups is 1. The molecule has 0 bridgehead atoms. The van der Waals surface area contributed by atoms with Gasteiger partial charge in [0.25, 0.3) is 11.5 Å². The van der Waals surface area contributed by atoms with Gasteiger partial charge in [0.05, 0.1) is 18.1 Å². The van der Waals surface area contributed by atoms with E-state index < -0.39 is 35.9 Å². The highest BCUT2D eigenvalue weighted by Crippen LogP contribution is 2.50. The molecular formula is C31H39F3N4O4. The summed E-state index contributed by atoms with van der Waals surface area (Å²) < 4.78 is 40.6. The molecule has 4 atom stereocenters. The Morgan fingerprint density at radius 1 is 1.10 bits per heavy atom. The van der Waals surface area contributed by atoms with Crippen LogP contribution in [0.1, 0.15) is 49.4 Å². The molecule has 2 aromatic rings. The van der Waals surface area contributed by atoms with Gasteiger partial charge in [-0.15, -0.1) is 0 Å². The minimum atomic E-state index is -4.44. The number of alkyl halides is 3. The summed E-state index contributed by atoms with van der Waals surface area (Å²) in [4.78, 5) is 43.5. The Bertz CT molecular complexity index is 1340. The van der Waals surface area contributed by atoms with Crippen LogP contribution in [-0.2, 0) is 11.3 Å². The molecule has 2 saturated heterocycles. The van der Waals surface area contributed by atoms with Crippen molar-refractivity contribution in [1.29, 1.82) is 0 Å². The largest absolute Gasteiger partial charge is 0.392 e. The number of aromatic nitrogens is 1. The molecule has 3 fully saturated rings. The first-order valence-electron chi connectivity index (χ1n) is 14.8. The van der Waals surface area contributed by atoms with Gasteiger partial charge >= 0.3 is 6.18 Å². The lowest BCUT2D eigenvalue weighted by atomic mass is 9.69. The molecule has 2 N–H and O–H groups in total. The smallest absolute Gasteiger partial charge is 0.389 e. The van der Waals surface area contributed by atoms with Crippen molar-refractivity contribution in [2.24, 2.45) is 17.3 Å². The summed E-state index contributed by atoms with van der Waals surface area (Å²) in [5.41, 5.74) is 0.755. The van der Waals surface area contributed by atoms with Crippen molar-refractivity contribution in [2.75, 3.05) is 39.3 Å². The van der Waals surface area contributed by atoms with E-state index in [0.717, 1.165) is 12.0 Å². The second-order valence-corrected chi connectivity index (χ2v) is 12.1. The van der Waals surface area contributed by atoms with Crippen LogP contribution in [-0.4, -0.2) is 82.8 Å². The second-order valence-electron chi connectivity index (χ2n) is 12.1. The van der Waals surface area contributed by atoms with Gasteiger partial charge < -0.3 is 24.8 Å². The molecule has 8 nitrogen and oxygen atoms in total. The first-order chi connectivity index (χ1) is 20.0. The summed E-state index contributed by atoms with van der Waals surface area (Å²) in [7, 11) is 0. The molecule has 3 heterocycles. The fourth-order valence-electron chi connectivity index (χ4n) is 7.15. The average Bonchev–Trinajstić information content (AvgIpc) is 3.36. The highest BCUT2D eigenvalue weighted by Gasteiger charge is 2.52. The van der Waals surface area contributed by atoms with Gasteiger partial charge in [-0.25, -0.2) is 0 Å². The number of benzene rings is 1. The Morgan fingerprint density at radius 2 is 1.81 bits per heavy atom. The normalized spacial score (nSPS) is 25.5. The van der Waals surface area contributed by atoms with E-state index in [9.17, 15) is 32.7 Å². The zero-order valence-electron chi connectivity index (χ0n) is 23.9. The molecule has 1 spiro atoms. The van der Waals surface area contributed by atoms with Crippen LogP contribution >= 0.6 is 0 Å². The van der Waals surface area contributed by atoms with E-state index in [-0.39, 0.29) is 43.4 Å². The molecule has 3 aliphatic rings. The molecule has 2 unspecified atom stereocenters. The van der Waals surface area contributed by atoms with Crippen LogP contribution in [0.4, 0.5) is 13.2 Å². The monoisotopic (exact) mass is 588 g/mol. The summed E-state index contributed by atoms with van der Waals surface area (Å²) >= 11 is 0. The second kappa shape index (κ2) is 12.2. The number of aliphatic hydroxyl groups excluding tert-OH is 1. The Labute approximate surface area is 243 Å². The third-order valence-corrected chi connectivity index (χ3v) is 9.36. The lowest BCUT2D eigenvalue weighted by Gasteiger charge is -2.48. The van der Waals surface area contributed by atoms with E-state index in [1.165, 1.54) is 17.9 Å². The molecule has 1 aromatic carbocycles. The van der Waals surface area contributed by atoms with Crippen molar-refractivity contribution in [3.05, 3.63) is 58.5 Å². The van der Waals surface area contributed by atoms with Gasteiger partial charge in [-0.05, 0) is 30.7 Å². The van der Waals surface area contributed by atoms with Crippen LogP contribution in [0, 0.1) is 17.3 Å². The zero-order chi connectivity index (χ0) is 30.1.